The van der Waals surface area contributed by atoms with Crippen LogP contribution in [0.3, 0.4) is 0 Å². The Labute approximate surface area is 196 Å². The van der Waals surface area contributed by atoms with Gasteiger partial charge in [-0.3, -0.25) is 5.43 Å². The zero-order valence-corrected chi connectivity index (χ0v) is 19.1. The lowest BCUT2D eigenvalue weighted by atomic mass is 10.2. The maximum absolute atomic E-state index is 5.95. The predicted octanol–water partition coefficient (Wildman–Crippen LogP) is 6.89. The first kappa shape index (κ1) is 21.9. The van der Waals surface area contributed by atoms with E-state index in [-0.39, 0.29) is 0 Å². The number of hydrogen-bond donors (Lipinski definition) is 1. The summed E-state index contributed by atoms with van der Waals surface area (Å²) in [6.45, 7) is 2.91. The van der Waals surface area contributed by atoms with Crippen molar-refractivity contribution >= 4 is 34.3 Å². The summed E-state index contributed by atoms with van der Waals surface area (Å²) in [6, 6.07) is 23.4. The summed E-state index contributed by atoms with van der Waals surface area (Å²) in [5, 5.41) is 7.76. The summed E-state index contributed by atoms with van der Waals surface area (Å²) < 4.78 is 11.7. The molecule has 0 saturated carbocycles. The fraction of sp³-hybridized carbons (Fsp3) is 0.120. The molecule has 4 aromatic rings. The second-order valence-corrected chi connectivity index (χ2v) is 8.12. The topological polar surface area (TPSA) is 55.7 Å². The van der Waals surface area contributed by atoms with Gasteiger partial charge in [0.25, 0.3) is 0 Å². The van der Waals surface area contributed by atoms with E-state index in [1.165, 1.54) is 11.3 Å². The largest absolute Gasteiger partial charge is 0.490 e. The molecule has 0 aliphatic heterocycles. The van der Waals surface area contributed by atoms with Gasteiger partial charge >= 0.3 is 0 Å². The number of thiazole rings is 1. The average Bonchev–Trinajstić information content (AvgIpc) is 3.29. The molecule has 4 rings (SSSR count). The number of hydrazone groups is 1. The highest BCUT2D eigenvalue weighted by Gasteiger charge is 2.07. The van der Waals surface area contributed by atoms with E-state index < -0.39 is 0 Å². The summed E-state index contributed by atoms with van der Waals surface area (Å²) in [6.07, 6.45) is 1.73. The highest BCUT2D eigenvalue weighted by atomic mass is 35.5. The smallest absolute Gasteiger partial charge is 0.203 e. The van der Waals surface area contributed by atoms with Gasteiger partial charge in [-0.25, -0.2) is 4.98 Å². The van der Waals surface area contributed by atoms with Gasteiger partial charge in [-0.1, -0.05) is 54.1 Å². The van der Waals surface area contributed by atoms with E-state index in [9.17, 15) is 0 Å². The lowest BCUT2D eigenvalue weighted by Crippen LogP contribution is -2.00. The van der Waals surface area contributed by atoms with Gasteiger partial charge in [-0.15, -0.1) is 11.3 Å². The van der Waals surface area contributed by atoms with Gasteiger partial charge in [-0.2, -0.15) is 5.10 Å². The van der Waals surface area contributed by atoms with Crippen LogP contribution in [0.15, 0.2) is 83.3 Å². The number of ether oxygens (including phenoxy) is 2. The van der Waals surface area contributed by atoms with Crippen molar-refractivity contribution in [1.82, 2.24) is 4.98 Å². The van der Waals surface area contributed by atoms with Crippen LogP contribution >= 0.6 is 22.9 Å². The Morgan fingerprint density at radius 2 is 1.81 bits per heavy atom. The van der Waals surface area contributed by atoms with Gasteiger partial charge in [0.1, 0.15) is 6.61 Å². The highest BCUT2D eigenvalue weighted by Crippen LogP contribution is 2.29. The van der Waals surface area contributed by atoms with Crippen LogP contribution in [0.4, 0.5) is 5.13 Å². The lowest BCUT2D eigenvalue weighted by Gasteiger charge is -2.12. The maximum atomic E-state index is 5.95. The molecular weight excluding hydrogens is 442 g/mol. The van der Waals surface area contributed by atoms with Crippen LogP contribution in [-0.2, 0) is 6.61 Å². The number of nitrogens with zero attached hydrogens (tertiary/aromatic N) is 2. The van der Waals surface area contributed by atoms with E-state index in [4.69, 9.17) is 21.1 Å². The van der Waals surface area contributed by atoms with Crippen molar-refractivity contribution in [3.05, 3.63) is 94.3 Å². The van der Waals surface area contributed by atoms with E-state index in [1.807, 2.05) is 85.1 Å². The molecule has 162 valence electrons. The Morgan fingerprint density at radius 1 is 1.00 bits per heavy atom. The Hall–Kier alpha value is -3.35. The van der Waals surface area contributed by atoms with Gasteiger partial charge in [0.05, 0.1) is 18.5 Å². The molecule has 0 radical (unpaired) electrons. The van der Waals surface area contributed by atoms with Crippen molar-refractivity contribution in [2.45, 2.75) is 13.5 Å². The number of anilines is 1. The minimum atomic E-state index is 0.431. The zero-order chi connectivity index (χ0) is 22.2. The van der Waals surface area contributed by atoms with E-state index in [0.29, 0.717) is 29.7 Å². The van der Waals surface area contributed by atoms with Crippen molar-refractivity contribution in [1.29, 1.82) is 0 Å². The predicted molar refractivity (Wildman–Crippen MR) is 132 cm³/mol. The van der Waals surface area contributed by atoms with E-state index in [0.717, 1.165) is 27.5 Å². The average molecular weight is 464 g/mol. The van der Waals surface area contributed by atoms with Crippen LogP contribution in [0.5, 0.6) is 11.5 Å². The number of aromatic nitrogens is 1. The number of benzene rings is 3. The van der Waals surface area contributed by atoms with Crippen LogP contribution in [0.2, 0.25) is 5.02 Å². The minimum absolute atomic E-state index is 0.431. The molecule has 0 atom stereocenters. The van der Waals surface area contributed by atoms with E-state index >= 15 is 0 Å². The molecule has 0 aliphatic carbocycles. The third-order valence-corrected chi connectivity index (χ3v) is 5.52. The molecule has 0 saturated heterocycles. The molecule has 0 fully saturated rings. The molecule has 0 amide bonds. The van der Waals surface area contributed by atoms with Crippen LogP contribution in [0, 0.1) is 0 Å². The molecule has 0 spiro atoms. The molecule has 1 heterocycles. The van der Waals surface area contributed by atoms with Crippen molar-refractivity contribution in [2.24, 2.45) is 5.10 Å². The summed E-state index contributed by atoms with van der Waals surface area (Å²) in [4.78, 5) is 4.57. The zero-order valence-electron chi connectivity index (χ0n) is 17.5. The Bertz CT molecular complexity index is 1180. The van der Waals surface area contributed by atoms with Crippen LogP contribution < -0.4 is 14.9 Å². The normalized spacial score (nSPS) is 10.9. The number of halogens is 1. The second-order valence-electron chi connectivity index (χ2n) is 6.83. The quantitative estimate of drug-likeness (QED) is 0.217. The van der Waals surface area contributed by atoms with Gasteiger partial charge < -0.3 is 9.47 Å². The van der Waals surface area contributed by atoms with E-state index in [1.54, 1.807) is 6.21 Å². The van der Waals surface area contributed by atoms with Gasteiger partial charge in [0.2, 0.25) is 5.13 Å². The first-order valence-corrected chi connectivity index (χ1v) is 11.4. The van der Waals surface area contributed by atoms with Gasteiger partial charge in [-0.05, 0) is 48.4 Å². The summed E-state index contributed by atoms with van der Waals surface area (Å²) in [7, 11) is 0. The second kappa shape index (κ2) is 10.8. The summed E-state index contributed by atoms with van der Waals surface area (Å²) >= 11 is 7.45. The fourth-order valence-electron chi connectivity index (χ4n) is 2.96. The monoisotopic (exact) mass is 463 g/mol. The van der Waals surface area contributed by atoms with Crippen LogP contribution in [0.25, 0.3) is 11.3 Å². The third-order valence-electron chi connectivity index (χ3n) is 4.52. The van der Waals surface area contributed by atoms with Crippen molar-refractivity contribution in [2.75, 3.05) is 12.0 Å². The Morgan fingerprint density at radius 3 is 2.59 bits per heavy atom. The lowest BCUT2D eigenvalue weighted by molar-refractivity contribution is 0.269. The third kappa shape index (κ3) is 5.87. The molecule has 5 nitrogen and oxygen atoms in total. The van der Waals surface area contributed by atoms with Crippen molar-refractivity contribution < 1.29 is 9.47 Å². The maximum Gasteiger partial charge on any atom is 0.203 e. The minimum Gasteiger partial charge on any atom is -0.490 e. The first-order chi connectivity index (χ1) is 15.7. The summed E-state index contributed by atoms with van der Waals surface area (Å²) in [5.74, 6) is 1.35. The molecule has 1 N–H and O–H groups in total. The number of hydrogen-bond acceptors (Lipinski definition) is 6. The Balaban J connectivity index is 1.40. The molecule has 3 aromatic carbocycles. The highest BCUT2D eigenvalue weighted by molar-refractivity contribution is 7.14. The molecular formula is C25H22ClN3O2S. The molecule has 0 unspecified atom stereocenters. The number of rotatable bonds is 9. The Kier molecular flexibility index (Phi) is 7.38. The number of nitrogens with one attached hydrogen (secondary N) is 1. The van der Waals surface area contributed by atoms with Gasteiger partial charge in [0, 0.05) is 16.0 Å². The molecule has 0 bridgehead atoms. The summed E-state index contributed by atoms with van der Waals surface area (Å²) in [5.41, 5.74) is 6.92. The van der Waals surface area contributed by atoms with Crippen molar-refractivity contribution in [3.8, 4) is 22.8 Å². The van der Waals surface area contributed by atoms with Crippen molar-refractivity contribution in [3.63, 3.8) is 0 Å². The molecule has 32 heavy (non-hydrogen) atoms. The van der Waals surface area contributed by atoms with Crippen LogP contribution in [0.1, 0.15) is 18.1 Å². The van der Waals surface area contributed by atoms with Crippen LogP contribution in [-0.4, -0.2) is 17.8 Å². The standard InChI is InChI=1S/C25H22ClN3O2S/c1-2-30-24-14-19(10-13-23(24)31-16-18-8-11-21(26)12-9-18)15-27-29-25-28-22(17-32-25)20-6-4-3-5-7-20/h3-15,17H,2,16H2,1H3,(H,28,29)/b27-15-. The SMILES string of the molecule is CCOc1cc(/C=N\Nc2nc(-c3ccccc3)cs2)ccc1OCc1ccc(Cl)cc1. The molecule has 0 aliphatic rings. The molecule has 1 aromatic heterocycles. The first-order valence-electron chi connectivity index (χ1n) is 10.2. The van der Waals surface area contributed by atoms with E-state index in [2.05, 4.69) is 15.5 Å². The fourth-order valence-corrected chi connectivity index (χ4v) is 3.76. The molecule has 7 heteroatoms. The van der Waals surface area contributed by atoms with Gasteiger partial charge in [0.15, 0.2) is 11.5 Å².